The molecule has 0 spiro atoms. The predicted molar refractivity (Wildman–Crippen MR) is 199 cm³/mol. The monoisotopic (exact) mass is 738 g/mol. The zero-order valence-corrected chi connectivity index (χ0v) is 30.9. The van der Waals surface area contributed by atoms with Crippen LogP contribution in [0.5, 0.6) is 0 Å². The maximum Gasteiger partial charge on any atom is 0.342 e. The van der Waals surface area contributed by atoms with Crippen molar-refractivity contribution in [2.45, 2.75) is 41.5 Å². The third kappa shape index (κ3) is 7.63. The quantitative estimate of drug-likeness (QED) is 0.108. The van der Waals surface area contributed by atoms with Crippen molar-refractivity contribution in [3.8, 4) is 11.4 Å². The fourth-order valence-corrected chi connectivity index (χ4v) is 5.99. The molecule has 0 saturated carbocycles. The Labute approximate surface area is 310 Å². The first-order chi connectivity index (χ1) is 24.9. The van der Waals surface area contributed by atoms with Crippen LogP contribution in [0.15, 0.2) is 93.3 Å². The van der Waals surface area contributed by atoms with Gasteiger partial charge < -0.3 is 9.47 Å². The molecule has 52 heavy (non-hydrogen) atoms. The highest BCUT2D eigenvalue weighted by atomic mass is 35.5. The SMILES string of the molecule is CCOC(=O)c1c(C)c(/N=N/c2ccc(Cl)cc2)c(C)n(-c2ccc(-n3c(C)c(/N=N/c4ccc(Cl)cc4)c(C)c(C(=O)OCC)c3=N)cc2)c1=N. The molecular weight excluding hydrogens is 703 g/mol. The van der Waals surface area contributed by atoms with E-state index in [4.69, 9.17) is 43.5 Å². The van der Waals surface area contributed by atoms with Crippen LogP contribution in [0, 0.1) is 38.5 Å². The number of nitrogens with one attached hydrogen (secondary N) is 2. The lowest BCUT2D eigenvalue weighted by Crippen LogP contribution is -2.30. The number of pyridine rings is 2. The summed E-state index contributed by atoms with van der Waals surface area (Å²) in [6.45, 7) is 10.6. The summed E-state index contributed by atoms with van der Waals surface area (Å²) in [4.78, 5) is 26.4. The van der Waals surface area contributed by atoms with Gasteiger partial charge in [0.1, 0.15) is 33.5 Å². The maximum absolute atomic E-state index is 13.2. The number of esters is 2. The Morgan fingerprint density at radius 2 is 0.904 bits per heavy atom. The Kier molecular flexibility index (Phi) is 11.6. The van der Waals surface area contributed by atoms with E-state index in [-0.39, 0.29) is 35.3 Å². The molecule has 2 aromatic heterocycles. The summed E-state index contributed by atoms with van der Waals surface area (Å²) in [7, 11) is 0. The van der Waals surface area contributed by atoms with E-state index in [1.807, 2.05) is 0 Å². The smallest absolute Gasteiger partial charge is 0.342 e. The standard InChI is InChI=1S/C38H36Cl2N8O4/c1-7-51-37(49)31-21(3)33(45-43-27-13-9-25(39)10-14-27)23(5)47(35(31)41)29-17-19-30(20-18-29)48-24(6)34(46-44-28-15-11-26(40)12-16-28)22(4)32(36(48)42)38(50)52-8-2/h9-20,41-42H,7-8H2,1-6H3/b41-35?,42-36?,45-43+,46-44+. The highest BCUT2D eigenvalue weighted by molar-refractivity contribution is 6.30. The van der Waals surface area contributed by atoms with E-state index in [9.17, 15) is 9.59 Å². The van der Waals surface area contributed by atoms with E-state index < -0.39 is 11.9 Å². The highest BCUT2D eigenvalue weighted by Gasteiger charge is 2.24. The number of hydrogen-bond acceptors (Lipinski definition) is 10. The van der Waals surface area contributed by atoms with Crippen LogP contribution in [0.2, 0.25) is 10.0 Å². The number of azo groups is 2. The number of hydrogen-bond donors (Lipinski definition) is 2. The fourth-order valence-electron chi connectivity index (χ4n) is 5.73. The normalized spacial score (nSPS) is 11.4. The number of carbonyl (C=O) groups excluding carboxylic acids is 2. The summed E-state index contributed by atoms with van der Waals surface area (Å²) in [5.74, 6) is -1.32. The van der Waals surface area contributed by atoms with Crippen LogP contribution in [0.25, 0.3) is 11.4 Å². The van der Waals surface area contributed by atoms with Gasteiger partial charge >= 0.3 is 11.9 Å². The minimum absolute atomic E-state index is 0.0496. The van der Waals surface area contributed by atoms with Crippen LogP contribution in [0.3, 0.4) is 0 Å². The fraction of sp³-hybridized carbons (Fsp3) is 0.211. The number of halogens is 2. The highest BCUT2D eigenvalue weighted by Crippen LogP contribution is 2.32. The van der Waals surface area contributed by atoms with E-state index in [1.165, 1.54) is 0 Å². The van der Waals surface area contributed by atoms with Gasteiger partial charge in [-0.2, -0.15) is 10.2 Å². The molecule has 0 unspecified atom stereocenters. The van der Waals surface area contributed by atoms with Gasteiger partial charge in [-0.1, -0.05) is 23.2 Å². The second kappa shape index (κ2) is 16.1. The molecule has 12 nitrogen and oxygen atoms in total. The van der Waals surface area contributed by atoms with Gasteiger partial charge in [0.25, 0.3) is 0 Å². The number of benzene rings is 3. The molecular formula is C38H36Cl2N8O4. The van der Waals surface area contributed by atoms with Crippen molar-refractivity contribution in [3.05, 3.63) is 127 Å². The van der Waals surface area contributed by atoms with Crippen molar-refractivity contribution >= 4 is 57.9 Å². The Balaban J connectivity index is 1.67. The molecule has 0 bridgehead atoms. The Hall–Kier alpha value is -5.72. The molecule has 5 rings (SSSR count). The number of aromatic nitrogens is 2. The Morgan fingerprint density at radius 3 is 1.21 bits per heavy atom. The minimum Gasteiger partial charge on any atom is -0.462 e. The summed E-state index contributed by atoms with van der Waals surface area (Å²) < 4.78 is 13.8. The third-order valence-corrected chi connectivity index (χ3v) is 8.75. The first-order valence-corrected chi connectivity index (χ1v) is 17.0. The minimum atomic E-state index is -0.658. The molecule has 2 heterocycles. The van der Waals surface area contributed by atoms with Crippen molar-refractivity contribution in [1.82, 2.24) is 9.13 Å². The Morgan fingerprint density at radius 1 is 0.577 bits per heavy atom. The summed E-state index contributed by atoms with van der Waals surface area (Å²) >= 11 is 12.1. The first-order valence-electron chi connectivity index (χ1n) is 16.3. The lowest BCUT2D eigenvalue weighted by atomic mass is 10.1. The van der Waals surface area contributed by atoms with E-state index in [0.717, 1.165) is 0 Å². The van der Waals surface area contributed by atoms with Gasteiger partial charge in [-0.15, -0.1) is 10.2 Å². The lowest BCUT2D eigenvalue weighted by Gasteiger charge is -2.20. The van der Waals surface area contributed by atoms with Crippen LogP contribution >= 0.6 is 23.2 Å². The van der Waals surface area contributed by atoms with Gasteiger partial charge in [0, 0.05) is 32.8 Å². The molecule has 14 heteroatoms. The van der Waals surface area contributed by atoms with Crippen molar-refractivity contribution in [1.29, 1.82) is 10.8 Å². The molecule has 2 N–H and O–H groups in total. The third-order valence-electron chi connectivity index (χ3n) is 8.25. The average Bonchev–Trinajstić information content (AvgIpc) is 3.10. The average molecular weight is 740 g/mol. The summed E-state index contributed by atoms with van der Waals surface area (Å²) in [6, 6.07) is 20.7. The van der Waals surface area contributed by atoms with Crippen LogP contribution < -0.4 is 11.0 Å². The van der Waals surface area contributed by atoms with Crippen LogP contribution in [0.1, 0.15) is 57.1 Å². The van der Waals surface area contributed by atoms with Crippen LogP contribution in [0.4, 0.5) is 22.7 Å². The lowest BCUT2D eigenvalue weighted by molar-refractivity contribution is 0.0512. The van der Waals surface area contributed by atoms with E-state index >= 15 is 0 Å². The molecule has 266 valence electrons. The van der Waals surface area contributed by atoms with Gasteiger partial charge in [0.05, 0.1) is 24.6 Å². The van der Waals surface area contributed by atoms with Gasteiger partial charge in [0.2, 0.25) is 0 Å². The summed E-state index contributed by atoms with van der Waals surface area (Å²) in [5.41, 5.74) is 4.86. The second-order valence-electron chi connectivity index (χ2n) is 11.5. The van der Waals surface area contributed by atoms with Gasteiger partial charge in [-0.3, -0.25) is 20.0 Å². The van der Waals surface area contributed by atoms with Gasteiger partial charge in [-0.25, -0.2) is 9.59 Å². The maximum atomic E-state index is 13.2. The zero-order valence-electron chi connectivity index (χ0n) is 29.4. The van der Waals surface area contributed by atoms with Gasteiger partial charge in [0.15, 0.2) is 0 Å². The van der Waals surface area contributed by atoms with Gasteiger partial charge in [-0.05, 0) is 125 Å². The molecule has 0 aliphatic heterocycles. The van der Waals surface area contributed by atoms with E-state index in [0.29, 0.717) is 66.7 Å². The largest absolute Gasteiger partial charge is 0.462 e. The molecule has 0 fully saturated rings. The Bertz CT molecular complexity index is 2180. The van der Waals surface area contributed by atoms with Crippen LogP contribution in [-0.2, 0) is 9.47 Å². The predicted octanol–water partition coefficient (Wildman–Crippen LogP) is 9.95. The van der Waals surface area contributed by atoms with Crippen molar-refractivity contribution in [2.24, 2.45) is 20.5 Å². The molecule has 0 atom stereocenters. The summed E-state index contributed by atoms with van der Waals surface area (Å²) in [5, 5.41) is 37.1. The van der Waals surface area contributed by atoms with Crippen molar-refractivity contribution in [2.75, 3.05) is 13.2 Å². The topological polar surface area (TPSA) is 160 Å². The molecule has 0 aliphatic rings. The number of carbonyl (C=O) groups is 2. The van der Waals surface area contributed by atoms with E-state index in [1.54, 1.807) is 123 Å². The summed E-state index contributed by atoms with van der Waals surface area (Å²) in [6.07, 6.45) is 0. The first kappa shape index (κ1) is 37.5. The number of nitrogens with zero attached hydrogens (tertiary/aromatic N) is 6. The second-order valence-corrected chi connectivity index (χ2v) is 12.4. The molecule has 0 aliphatic carbocycles. The van der Waals surface area contributed by atoms with E-state index in [2.05, 4.69) is 20.5 Å². The van der Waals surface area contributed by atoms with Crippen molar-refractivity contribution in [3.63, 3.8) is 0 Å². The number of rotatable bonds is 10. The molecule has 3 aromatic carbocycles. The number of ether oxygens (including phenoxy) is 2. The van der Waals surface area contributed by atoms with Crippen LogP contribution in [-0.4, -0.2) is 34.3 Å². The molecule has 0 amide bonds. The molecule has 0 saturated heterocycles. The zero-order chi connectivity index (χ0) is 37.7. The van der Waals surface area contributed by atoms with Crippen molar-refractivity contribution < 1.29 is 19.1 Å². The molecule has 5 aromatic rings. The molecule has 0 radical (unpaired) electrons.